The highest BCUT2D eigenvalue weighted by Gasteiger charge is 2.13. The summed E-state index contributed by atoms with van der Waals surface area (Å²) in [6, 6.07) is 11.0. The largest absolute Gasteiger partial charge is 0.469 e. The summed E-state index contributed by atoms with van der Waals surface area (Å²) in [6.45, 7) is 4.12. The van der Waals surface area contributed by atoms with Gasteiger partial charge in [-0.25, -0.2) is 0 Å². The van der Waals surface area contributed by atoms with Crippen LogP contribution in [-0.4, -0.2) is 11.0 Å². The van der Waals surface area contributed by atoms with E-state index in [1.807, 2.05) is 25.1 Å². The molecule has 0 saturated heterocycles. The third-order valence-electron chi connectivity index (χ3n) is 3.52. The Labute approximate surface area is 124 Å². The van der Waals surface area contributed by atoms with Gasteiger partial charge in [0.2, 0.25) is 0 Å². The van der Waals surface area contributed by atoms with Crippen LogP contribution in [0.5, 0.6) is 0 Å². The van der Waals surface area contributed by atoms with Crippen molar-refractivity contribution in [3.05, 3.63) is 64.1 Å². The summed E-state index contributed by atoms with van der Waals surface area (Å²) in [5, 5.41) is 14.3. The Hall–Kier alpha value is -2.14. The lowest BCUT2D eigenvalue weighted by Crippen LogP contribution is -2.29. The third-order valence-corrected chi connectivity index (χ3v) is 3.52. The van der Waals surface area contributed by atoms with Crippen molar-refractivity contribution in [1.29, 1.82) is 0 Å². The van der Waals surface area contributed by atoms with Crippen LogP contribution >= 0.6 is 0 Å². The molecule has 21 heavy (non-hydrogen) atoms. The molecule has 5 nitrogen and oxygen atoms in total. The lowest BCUT2D eigenvalue weighted by Gasteiger charge is -2.20. The minimum absolute atomic E-state index is 0.0662. The summed E-state index contributed by atoms with van der Waals surface area (Å²) in [4.78, 5) is 10.4. The molecular formula is C16H20N2O3. The molecule has 112 valence electrons. The SMILES string of the molecule is CC(CCc1ccco1)NC(C)c1cccc([N+](=O)[O-])c1. The fraction of sp³-hybridized carbons (Fsp3) is 0.375. The second kappa shape index (κ2) is 7.04. The van der Waals surface area contributed by atoms with Crippen molar-refractivity contribution in [2.24, 2.45) is 0 Å². The minimum Gasteiger partial charge on any atom is -0.469 e. The molecule has 0 fully saturated rings. The Bertz CT molecular complexity index is 581. The van der Waals surface area contributed by atoms with Crippen LogP contribution in [0, 0.1) is 10.1 Å². The maximum Gasteiger partial charge on any atom is 0.269 e. The number of aryl methyl sites for hydroxylation is 1. The molecule has 0 aliphatic rings. The lowest BCUT2D eigenvalue weighted by molar-refractivity contribution is -0.384. The number of nitro groups is 1. The molecule has 2 atom stereocenters. The Kier molecular flexibility index (Phi) is 5.11. The van der Waals surface area contributed by atoms with Gasteiger partial charge in [0.05, 0.1) is 11.2 Å². The zero-order chi connectivity index (χ0) is 15.2. The van der Waals surface area contributed by atoms with E-state index in [9.17, 15) is 10.1 Å². The molecule has 0 spiro atoms. The van der Waals surface area contributed by atoms with Gasteiger partial charge in [0.1, 0.15) is 5.76 Å². The molecule has 1 aromatic carbocycles. The maximum absolute atomic E-state index is 10.8. The molecule has 1 aromatic heterocycles. The molecule has 0 aliphatic carbocycles. The Balaban J connectivity index is 1.89. The van der Waals surface area contributed by atoms with Crippen molar-refractivity contribution in [1.82, 2.24) is 5.32 Å². The second-order valence-electron chi connectivity index (χ2n) is 5.26. The summed E-state index contributed by atoms with van der Waals surface area (Å²) < 4.78 is 5.31. The zero-order valence-corrected chi connectivity index (χ0v) is 12.3. The van der Waals surface area contributed by atoms with E-state index in [0.29, 0.717) is 6.04 Å². The van der Waals surface area contributed by atoms with E-state index in [2.05, 4.69) is 12.2 Å². The average Bonchev–Trinajstić information content (AvgIpc) is 2.98. The first-order chi connectivity index (χ1) is 10.1. The monoisotopic (exact) mass is 288 g/mol. The van der Waals surface area contributed by atoms with Crippen LogP contribution in [0.15, 0.2) is 47.1 Å². The number of nitro benzene ring substituents is 1. The van der Waals surface area contributed by atoms with Crippen molar-refractivity contribution < 1.29 is 9.34 Å². The van der Waals surface area contributed by atoms with Crippen LogP contribution in [-0.2, 0) is 6.42 Å². The van der Waals surface area contributed by atoms with Gasteiger partial charge in [-0.05, 0) is 38.0 Å². The molecule has 0 amide bonds. The highest BCUT2D eigenvalue weighted by Crippen LogP contribution is 2.20. The number of nitrogens with one attached hydrogen (secondary N) is 1. The van der Waals surface area contributed by atoms with Crippen molar-refractivity contribution in [2.45, 2.75) is 38.8 Å². The normalized spacial score (nSPS) is 13.8. The number of benzene rings is 1. The van der Waals surface area contributed by atoms with Gasteiger partial charge in [0.15, 0.2) is 0 Å². The van der Waals surface area contributed by atoms with Crippen molar-refractivity contribution in [3.8, 4) is 0 Å². The number of nitrogens with zero attached hydrogens (tertiary/aromatic N) is 1. The molecule has 5 heteroatoms. The first kappa shape index (κ1) is 15.3. The minimum atomic E-state index is -0.365. The second-order valence-corrected chi connectivity index (χ2v) is 5.26. The summed E-state index contributed by atoms with van der Waals surface area (Å²) in [7, 11) is 0. The van der Waals surface area contributed by atoms with Gasteiger partial charge >= 0.3 is 0 Å². The fourth-order valence-corrected chi connectivity index (χ4v) is 2.33. The van der Waals surface area contributed by atoms with E-state index in [1.54, 1.807) is 18.4 Å². The lowest BCUT2D eigenvalue weighted by atomic mass is 10.1. The molecule has 1 N–H and O–H groups in total. The number of rotatable bonds is 7. The van der Waals surface area contributed by atoms with Crippen LogP contribution < -0.4 is 5.32 Å². The van der Waals surface area contributed by atoms with Crippen LogP contribution in [0.3, 0.4) is 0 Å². The van der Waals surface area contributed by atoms with Crippen molar-refractivity contribution >= 4 is 5.69 Å². The van der Waals surface area contributed by atoms with Gasteiger partial charge in [-0.3, -0.25) is 10.1 Å². The Morgan fingerprint density at radius 3 is 2.76 bits per heavy atom. The Morgan fingerprint density at radius 1 is 1.29 bits per heavy atom. The van der Waals surface area contributed by atoms with Gasteiger partial charge < -0.3 is 9.73 Å². The summed E-state index contributed by atoms with van der Waals surface area (Å²) in [6.07, 6.45) is 3.51. The molecule has 0 radical (unpaired) electrons. The smallest absolute Gasteiger partial charge is 0.269 e. The molecule has 2 aromatic rings. The molecule has 1 heterocycles. The zero-order valence-electron chi connectivity index (χ0n) is 12.3. The topological polar surface area (TPSA) is 68.3 Å². The highest BCUT2D eigenvalue weighted by atomic mass is 16.6. The molecule has 2 unspecified atom stereocenters. The van der Waals surface area contributed by atoms with E-state index < -0.39 is 0 Å². The van der Waals surface area contributed by atoms with Gasteiger partial charge in [-0.15, -0.1) is 0 Å². The first-order valence-electron chi connectivity index (χ1n) is 7.09. The van der Waals surface area contributed by atoms with Crippen LogP contribution in [0.4, 0.5) is 5.69 Å². The van der Waals surface area contributed by atoms with E-state index >= 15 is 0 Å². The first-order valence-corrected chi connectivity index (χ1v) is 7.09. The van der Waals surface area contributed by atoms with Gasteiger partial charge in [-0.1, -0.05) is 12.1 Å². The number of non-ortho nitro benzene ring substituents is 1. The molecule has 0 saturated carbocycles. The van der Waals surface area contributed by atoms with E-state index in [0.717, 1.165) is 24.2 Å². The summed E-state index contributed by atoms with van der Waals surface area (Å²) in [5.74, 6) is 0.978. The number of hydrogen-bond donors (Lipinski definition) is 1. The van der Waals surface area contributed by atoms with Crippen LogP contribution in [0.1, 0.15) is 37.6 Å². The van der Waals surface area contributed by atoms with Gasteiger partial charge in [0, 0.05) is 30.6 Å². The van der Waals surface area contributed by atoms with Gasteiger partial charge in [0.25, 0.3) is 5.69 Å². The van der Waals surface area contributed by atoms with Crippen LogP contribution in [0.25, 0.3) is 0 Å². The predicted molar refractivity (Wildman–Crippen MR) is 81.1 cm³/mol. The number of furan rings is 1. The van der Waals surface area contributed by atoms with E-state index in [-0.39, 0.29) is 16.7 Å². The van der Waals surface area contributed by atoms with Crippen molar-refractivity contribution in [2.75, 3.05) is 0 Å². The average molecular weight is 288 g/mol. The quantitative estimate of drug-likeness (QED) is 0.620. The third kappa shape index (κ3) is 4.43. The fourth-order valence-electron chi connectivity index (χ4n) is 2.33. The van der Waals surface area contributed by atoms with Crippen molar-refractivity contribution in [3.63, 3.8) is 0 Å². The molecule has 0 bridgehead atoms. The summed E-state index contributed by atoms with van der Waals surface area (Å²) >= 11 is 0. The number of hydrogen-bond acceptors (Lipinski definition) is 4. The van der Waals surface area contributed by atoms with Crippen LogP contribution in [0.2, 0.25) is 0 Å². The summed E-state index contributed by atoms with van der Waals surface area (Å²) in [5.41, 5.74) is 1.05. The van der Waals surface area contributed by atoms with E-state index in [4.69, 9.17) is 4.42 Å². The Morgan fingerprint density at radius 2 is 2.10 bits per heavy atom. The molecule has 0 aliphatic heterocycles. The predicted octanol–water partition coefficient (Wildman–Crippen LogP) is 3.86. The standard InChI is InChI=1S/C16H20N2O3/c1-12(8-9-16-7-4-10-21-16)17-13(2)14-5-3-6-15(11-14)18(19)20/h3-7,10-13,17H,8-9H2,1-2H3. The molecule has 2 rings (SSSR count). The molecular weight excluding hydrogens is 268 g/mol. The maximum atomic E-state index is 10.8. The van der Waals surface area contributed by atoms with Gasteiger partial charge in [-0.2, -0.15) is 0 Å². The highest BCUT2D eigenvalue weighted by molar-refractivity contribution is 5.35. The van der Waals surface area contributed by atoms with E-state index in [1.165, 1.54) is 6.07 Å².